The van der Waals surface area contributed by atoms with Crippen LogP contribution in [0.5, 0.6) is 5.75 Å². The Kier molecular flexibility index (Phi) is 11.2. The van der Waals surface area contributed by atoms with E-state index in [1.807, 2.05) is 37.3 Å². The predicted molar refractivity (Wildman–Crippen MR) is 140 cm³/mol. The van der Waals surface area contributed by atoms with Gasteiger partial charge in [0.1, 0.15) is 23.4 Å². The molecular formula is C26H29F2N3O3S2. The number of hydrogen-bond acceptors (Lipinski definition) is 6. The van der Waals surface area contributed by atoms with Crippen LogP contribution in [0.3, 0.4) is 0 Å². The van der Waals surface area contributed by atoms with Gasteiger partial charge in [-0.1, -0.05) is 42.9 Å². The highest BCUT2D eigenvalue weighted by atomic mass is 32.2. The Balaban J connectivity index is 1.41. The number of ether oxygens (including phenoxy) is 1. The predicted octanol–water partition coefficient (Wildman–Crippen LogP) is 5.84. The van der Waals surface area contributed by atoms with Crippen LogP contribution in [0.4, 0.5) is 13.9 Å². The fraction of sp³-hybridized carbons (Fsp3) is 0.346. The van der Waals surface area contributed by atoms with Gasteiger partial charge < -0.3 is 15.4 Å². The maximum atomic E-state index is 13.4. The van der Waals surface area contributed by atoms with E-state index in [1.165, 1.54) is 11.3 Å². The van der Waals surface area contributed by atoms with E-state index in [1.54, 1.807) is 18.0 Å². The lowest BCUT2D eigenvalue weighted by Gasteiger charge is -2.17. The van der Waals surface area contributed by atoms with Crippen LogP contribution >= 0.6 is 23.1 Å². The molecule has 1 atom stereocenters. The van der Waals surface area contributed by atoms with Crippen LogP contribution in [0.1, 0.15) is 38.2 Å². The van der Waals surface area contributed by atoms with Crippen molar-refractivity contribution in [3.05, 3.63) is 71.9 Å². The summed E-state index contributed by atoms with van der Waals surface area (Å²) in [6.07, 6.45) is 4.50. The summed E-state index contributed by atoms with van der Waals surface area (Å²) >= 11 is 3.04. The molecule has 3 rings (SSSR count). The summed E-state index contributed by atoms with van der Waals surface area (Å²) in [5.74, 6) is -0.589. The number of halogens is 2. The normalized spacial score (nSPS) is 11.6. The number of hydrogen-bond donors (Lipinski definition) is 2. The molecule has 10 heteroatoms. The number of unbranched alkanes of at least 4 members (excludes halogenated alkanes) is 1. The number of carbonyl (C=O) groups excluding carboxylic acids is 2. The summed E-state index contributed by atoms with van der Waals surface area (Å²) in [4.78, 5) is 29.4. The Morgan fingerprint density at radius 2 is 1.86 bits per heavy atom. The van der Waals surface area contributed by atoms with Crippen molar-refractivity contribution in [3.8, 4) is 5.75 Å². The number of thioether (sulfide) groups is 1. The smallest absolute Gasteiger partial charge is 0.248 e. The molecule has 192 valence electrons. The monoisotopic (exact) mass is 533 g/mol. The van der Waals surface area contributed by atoms with Crippen LogP contribution in [-0.2, 0) is 16.0 Å². The van der Waals surface area contributed by atoms with E-state index in [9.17, 15) is 18.4 Å². The van der Waals surface area contributed by atoms with E-state index in [0.29, 0.717) is 24.6 Å². The number of thiazole rings is 1. The van der Waals surface area contributed by atoms with Crippen molar-refractivity contribution in [1.82, 2.24) is 10.3 Å². The minimum Gasteiger partial charge on any atom is -0.494 e. The molecule has 0 saturated carbocycles. The Labute approximate surface area is 217 Å². The molecule has 0 aliphatic rings. The molecular weight excluding hydrogens is 504 g/mol. The van der Waals surface area contributed by atoms with Gasteiger partial charge in [0.25, 0.3) is 0 Å². The first-order chi connectivity index (χ1) is 17.4. The first-order valence-corrected chi connectivity index (χ1v) is 13.5. The van der Waals surface area contributed by atoms with Crippen molar-refractivity contribution >= 4 is 40.0 Å². The molecule has 2 amide bonds. The van der Waals surface area contributed by atoms with Crippen LogP contribution in [0, 0.1) is 11.6 Å². The SMILES string of the molecule is CCCC(NC(=O)Cc1cc(F)cc(F)c1)C(=O)Nc1ncc(SCCCCOc2ccccc2)s1. The average Bonchev–Trinajstić information content (AvgIpc) is 3.28. The second-order valence-electron chi connectivity index (χ2n) is 8.05. The fourth-order valence-electron chi connectivity index (χ4n) is 3.36. The van der Waals surface area contributed by atoms with Crippen molar-refractivity contribution < 1.29 is 23.1 Å². The van der Waals surface area contributed by atoms with E-state index in [2.05, 4.69) is 15.6 Å². The lowest BCUT2D eigenvalue weighted by Crippen LogP contribution is -2.44. The molecule has 0 aliphatic heterocycles. The van der Waals surface area contributed by atoms with E-state index in [4.69, 9.17) is 4.74 Å². The minimum absolute atomic E-state index is 0.203. The molecule has 1 unspecified atom stereocenters. The second-order valence-corrected chi connectivity index (χ2v) is 10.5. The van der Waals surface area contributed by atoms with E-state index in [-0.39, 0.29) is 17.9 Å². The maximum Gasteiger partial charge on any atom is 0.248 e. The summed E-state index contributed by atoms with van der Waals surface area (Å²) in [5.41, 5.74) is 0.203. The first-order valence-electron chi connectivity index (χ1n) is 11.7. The molecule has 0 saturated heterocycles. The molecule has 0 bridgehead atoms. The fourth-order valence-corrected chi connectivity index (χ4v) is 5.31. The van der Waals surface area contributed by atoms with Crippen LogP contribution in [0.2, 0.25) is 0 Å². The first kappa shape index (κ1) is 27.6. The number of benzene rings is 2. The van der Waals surface area contributed by atoms with Crippen molar-refractivity contribution in [3.63, 3.8) is 0 Å². The van der Waals surface area contributed by atoms with Gasteiger partial charge in [0.05, 0.1) is 23.4 Å². The molecule has 6 nitrogen and oxygen atoms in total. The second kappa shape index (κ2) is 14.5. The van der Waals surface area contributed by atoms with E-state index < -0.39 is 23.6 Å². The number of rotatable bonds is 14. The molecule has 36 heavy (non-hydrogen) atoms. The lowest BCUT2D eigenvalue weighted by atomic mass is 10.1. The largest absolute Gasteiger partial charge is 0.494 e. The van der Waals surface area contributed by atoms with Gasteiger partial charge in [0.2, 0.25) is 11.8 Å². The standard InChI is InChI=1S/C26H29F2N3O3S2/c1-2-8-22(30-23(32)15-18-13-19(27)16-20(28)14-18)25(33)31-26-29-17-24(36-26)35-12-7-6-11-34-21-9-4-3-5-10-21/h3-5,9-10,13-14,16-17,22H,2,6-8,11-12,15H2,1H3,(H,30,32)(H,29,31,33). The van der Waals surface area contributed by atoms with Gasteiger partial charge in [-0.3, -0.25) is 9.59 Å². The molecule has 0 spiro atoms. The molecule has 0 aliphatic carbocycles. The summed E-state index contributed by atoms with van der Waals surface area (Å²) in [6, 6.07) is 11.9. The molecule has 2 aromatic carbocycles. The molecule has 3 aromatic rings. The lowest BCUT2D eigenvalue weighted by molar-refractivity contribution is -0.126. The third-order valence-electron chi connectivity index (χ3n) is 5.03. The van der Waals surface area contributed by atoms with Crippen LogP contribution in [0.25, 0.3) is 0 Å². The summed E-state index contributed by atoms with van der Waals surface area (Å²) < 4.78 is 33.4. The van der Waals surface area contributed by atoms with Crippen molar-refractivity contribution in [2.45, 2.75) is 49.3 Å². The van der Waals surface area contributed by atoms with Gasteiger partial charge in [-0.15, -0.1) is 11.8 Å². The number of aromatic nitrogens is 1. The third kappa shape index (κ3) is 9.58. The third-order valence-corrected chi connectivity index (χ3v) is 7.22. The van der Waals surface area contributed by atoms with Gasteiger partial charge in [0.15, 0.2) is 5.13 Å². The number of nitrogens with one attached hydrogen (secondary N) is 2. The average molecular weight is 534 g/mol. The quantitative estimate of drug-likeness (QED) is 0.201. The minimum atomic E-state index is -0.773. The Bertz CT molecular complexity index is 1110. The zero-order valence-electron chi connectivity index (χ0n) is 20.0. The number of para-hydroxylation sites is 1. The van der Waals surface area contributed by atoms with Crippen molar-refractivity contribution in [2.75, 3.05) is 17.7 Å². The molecule has 1 heterocycles. The molecule has 0 radical (unpaired) electrons. The maximum absolute atomic E-state index is 13.4. The van der Waals surface area contributed by atoms with Gasteiger partial charge in [-0.25, -0.2) is 13.8 Å². The summed E-state index contributed by atoms with van der Waals surface area (Å²) in [5, 5.41) is 5.88. The topological polar surface area (TPSA) is 80.3 Å². The van der Waals surface area contributed by atoms with Gasteiger partial charge in [-0.2, -0.15) is 0 Å². The Hall–Kier alpha value is -2.98. The highest BCUT2D eigenvalue weighted by Gasteiger charge is 2.21. The van der Waals surface area contributed by atoms with Crippen LogP contribution in [0.15, 0.2) is 58.9 Å². The Morgan fingerprint density at radius 3 is 2.58 bits per heavy atom. The summed E-state index contributed by atoms with van der Waals surface area (Å²) in [6.45, 7) is 2.56. The molecule has 2 N–H and O–H groups in total. The van der Waals surface area contributed by atoms with Gasteiger partial charge in [-0.05, 0) is 54.8 Å². The number of nitrogens with zero attached hydrogens (tertiary/aromatic N) is 1. The van der Waals surface area contributed by atoms with Crippen molar-refractivity contribution in [2.24, 2.45) is 0 Å². The molecule has 0 fully saturated rings. The van der Waals surface area contributed by atoms with Gasteiger partial charge in [0, 0.05) is 6.07 Å². The van der Waals surface area contributed by atoms with E-state index >= 15 is 0 Å². The molecule has 1 aromatic heterocycles. The zero-order chi connectivity index (χ0) is 25.8. The highest BCUT2D eigenvalue weighted by molar-refractivity contribution is 8.01. The Morgan fingerprint density at radius 1 is 1.11 bits per heavy atom. The van der Waals surface area contributed by atoms with Crippen LogP contribution < -0.4 is 15.4 Å². The highest BCUT2D eigenvalue weighted by Crippen LogP contribution is 2.29. The number of carbonyl (C=O) groups is 2. The zero-order valence-corrected chi connectivity index (χ0v) is 21.6. The number of amides is 2. The summed E-state index contributed by atoms with van der Waals surface area (Å²) in [7, 11) is 0. The van der Waals surface area contributed by atoms with E-state index in [0.717, 1.165) is 46.8 Å². The van der Waals surface area contributed by atoms with Crippen molar-refractivity contribution in [1.29, 1.82) is 0 Å². The van der Waals surface area contributed by atoms with Crippen LogP contribution in [-0.4, -0.2) is 35.2 Å². The number of anilines is 1. The van der Waals surface area contributed by atoms with Gasteiger partial charge >= 0.3 is 0 Å².